The van der Waals surface area contributed by atoms with Crippen molar-refractivity contribution in [3.05, 3.63) is 12.2 Å². The number of carboxylic acid groups (broad SMARTS) is 1. The minimum Gasteiger partial charge on any atom is -0.481 e. The largest absolute Gasteiger partial charge is 0.481 e. The Bertz CT molecular complexity index is 452. The molecule has 0 saturated carbocycles. The van der Waals surface area contributed by atoms with Gasteiger partial charge in [0, 0.05) is 13.0 Å². The van der Waals surface area contributed by atoms with E-state index < -0.39 is 16.4 Å². The predicted octanol–water partition coefficient (Wildman–Crippen LogP) is 6.23. The molecule has 8 heteroatoms. The highest BCUT2D eigenvalue weighted by molar-refractivity contribution is 7.79. The van der Waals surface area contributed by atoms with Crippen molar-refractivity contribution in [2.24, 2.45) is 0 Å². The minimum absolute atomic E-state index is 0.332. The predicted molar refractivity (Wildman–Crippen MR) is 123 cm³/mol. The highest BCUT2D eigenvalue weighted by Crippen LogP contribution is 2.09. The first-order valence-electron chi connectivity index (χ1n) is 11.4. The van der Waals surface area contributed by atoms with E-state index in [1.807, 2.05) is 0 Å². The zero-order valence-electron chi connectivity index (χ0n) is 19.1. The fourth-order valence-electron chi connectivity index (χ4n) is 2.51. The van der Waals surface area contributed by atoms with E-state index in [-0.39, 0.29) is 0 Å². The molecule has 7 nitrogen and oxygen atoms in total. The van der Waals surface area contributed by atoms with Gasteiger partial charge < -0.3 is 10.2 Å². The molecule has 0 aromatic carbocycles. The number of hydrogen-bond acceptors (Lipinski definition) is 4. The Morgan fingerprint density at radius 2 is 1.07 bits per heavy atom. The lowest BCUT2D eigenvalue weighted by atomic mass is 10.1. The Morgan fingerprint density at radius 3 is 1.40 bits per heavy atom. The molecule has 0 aliphatic carbocycles. The van der Waals surface area contributed by atoms with Crippen LogP contribution in [0, 0.1) is 0 Å². The molecule has 0 aliphatic rings. The van der Waals surface area contributed by atoms with Gasteiger partial charge in [0.25, 0.3) is 0 Å². The number of carboxylic acids is 1. The lowest BCUT2D eigenvalue weighted by Gasteiger charge is -1.99. The third kappa shape index (κ3) is 56.3. The molecule has 0 radical (unpaired) electrons. The first-order chi connectivity index (χ1) is 14.2. The van der Waals surface area contributed by atoms with Gasteiger partial charge in [-0.2, -0.15) is 8.42 Å². The second-order valence-electron chi connectivity index (χ2n) is 7.25. The number of aliphatic carboxylic acids is 1. The summed E-state index contributed by atoms with van der Waals surface area (Å²) in [5, 5.41) is 16.6. The van der Waals surface area contributed by atoms with Crippen LogP contribution in [-0.2, 0) is 15.2 Å². The van der Waals surface area contributed by atoms with Crippen LogP contribution in [0.5, 0.6) is 0 Å². The summed E-state index contributed by atoms with van der Waals surface area (Å²) < 4.78 is 31.6. The molecular weight excluding hydrogens is 408 g/mol. The van der Waals surface area contributed by atoms with Crippen LogP contribution in [-0.4, -0.2) is 40.3 Å². The number of allylic oxidation sites excluding steroid dienone is 2. The zero-order chi connectivity index (χ0) is 23.5. The fraction of sp³-hybridized carbons (Fsp3) is 0.864. The number of aliphatic hydroxyl groups excluding tert-OH is 1. The number of hydrogen-bond donors (Lipinski definition) is 4. The summed E-state index contributed by atoms with van der Waals surface area (Å²) >= 11 is 0. The summed E-state index contributed by atoms with van der Waals surface area (Å²) in [5.41, 5.74) is 0. The highest BCUT2D eigenvalue weighted by Gasteiger charge is 1.95. The molecule has 0 fully saturated rings. The van der Waals surface area contributed by atoms with Crippen molar-refractivity contribution in [3.8, 4) is 0 Å². The van der Waals surface area contributed by atoms with Crippen molar-refractivity contribution in [1.29, 1.82) is 0 Å². The van der Waals surface area contributed by atoms with Crippen molar-refractivity contribution >= 4 is 16.4 Å². The summed E-state index contributed by atoms with van der Waals surface area (Å²) in [7, 11) is -4.67. The minimum atomic E-state index is -4.67. The molecule has 0 aromatic heterocycles. The second-order valence-corrected chi connectivity index (χ2v) is 8.15. The normalized spacial score (nSPS) is 10.8. The second kappa shape index (κ2) is 28.0. The Kier molecular flexibility index (Phi) is 31.5. The van der Waals surface area contributed by atoms with E-state index in [9.17, 15) is 4.79 Å². The fourth-order valence-corrected chi connectivity index (χ4v) is 2.51. The molecule has 0 rings (SSSR count). The van der Waals surface area contributed by atoms with Gasteiger partial charge in [-0.3, -0.25) is 13.9 Å². The molecule has 0 aromatic rings. The first-order valence-corrected chi connectivity index (χ1v) is 12.8. The molecule has 0 bridgehead atoms. The molecule has 182 valence electrons. The maximum atomic E-state index is 10.3. The summed E-state index contributed by atoms with van der Waals surface area (Å²) in [6, 6.07) is 0. The maximum absolute atomic E-state index is 10.3. The van der Waals surface area contributed by atoms with Crippen LogP contribution >= 0.6 is 0 Å². The molecule has 0 aliphatic heterocycles. The highest BCUT2D eigenvalue weighted by atomic mass is 32.3. The molecule has 4 N–H and O–H groups in total. The van der Waals surface area contributed by atoms with E-state index in [0.717, 1.165) is 25.7 Å². The molecule has 0 unspecified atom stereocenters. The van der Waals surface area contributed by atoms with Crippen molar-refractivity contribution < 1.29 is 32.5 Å². The van der Waals surface area contributed by atoms with Gasteiger partial charge in [-0.25, -0.2) is 0 Å². The molecule has 0 amide bonds. The number of carbonyl (C=O) groups is 1. The van der Waals surface area contributed by atoms with Crippen LogP contribution in [0.4, 0.5) is 0 Å². The van der Waals surface area contributed by atoms with Gasteiger partial charge in [-0.15, -0.1) is 0 Å². The third-order valence-corrected chi connectivity index (χ3v) is 4.16. The van der Waals surface area contributed by atoms with Crippen LogP contribution < -0.4 is 0 Å². The molecule has 0 saturated heterocycles. The number of rotatable bonds is 17. The number of unbranched alkanes of at least 4 members (excludes halogenated alkanes) is 12. The lowest BCUT2D eigenvalue weighted by molar-refractivity contribution is -0.137. The number of aliphatic hydroxyl groups is 1. The van der Waals surface area contributed by atoms with E-state index in [0.29, 0.717) is 13.0 Å². The lowest BCUT2D eigenvalue weighted by Crippen LogP contribution is -1.93. The Morgan fingerprint density at radius 1 is 0.700 bits per heavy atom. The third-order valence-electron chi connectivity index (χ3n) is 4.16. The van der Waals surface area contributed by atoms with E-state index in [2.05, 4.69) is 26.0 Å². The van der Waals surface area contributed by atoms with Gasteiger partial charge in [0.1, 0.15) is 0 Å². The van der Waals surface area contributed by atoms with Gasteiger partial charge in [-0.1, -0.05) is 83.8 Å². The molecule has 0 atom stereocenters. The Balaban J connectivity index is -0.000000599. The van der Waals surface area contributed by atoms with Gasteiger partial charge in [0.2, 0.25) is 0 Å². The van der Waals surface area contributed by atoms with Crippen molar-refractivity contribution in [2.45, 2.75) is 117 Å². The SMILES string of the molecule is CCCCCCCCC=CCCCCCCCC(=O)O.CCCCO.O=S(=O)(O)O. The smallest absolute Gasteiger partial charge is 0.394 e. The molecule has 30 heavy (non-hydrogen) atoms. The van der Waals surface area contributed by atoms with Crippen LogP contribution in [0.2, 0.25) is 0 Å². The van der Waals surface area contributed by atoms with Gasteiger partial charge in [0.15, 0.2) is 0 Å². The van der Waals surface area contributed by atoms with Gasteiger partial charge >= 0.3 is 16.4 Å². The van der Waals surface area contributed by atoms with E-state index >= 15 is 0 Å². The van der Waals surface area contributed by atoms with Gasteiger partial charge in [0.05, 0.1) is 0 Å². The summed E-state index contributed by atoms with van der Waals surface area (Å²) in [6.45, 7) is 4.65. The first kappa shape index (κ1) is 33.7. The molecule has 0 heterocycles. The van der Waals surface area contributed by atoms with E-state index in [1.165, 1.54) is 70.6 Å². The topological polar surface area (TPSA) is 132 Å². The average molecular weight is 455 g/mol. The standard InChI is InChI=1S/C18H34O2.C4H10O.H2O4S/c1-2-3-4-5-6-7-8-9-10-11-12-13-14-15-16-17-18(19)20;1-2-3-4-5;1-5(2,3)4/h9-10H,2-8,11-17H2,1H3,(H,19,20);5H,2-4H2,1H3;(H2,1,2,3,4). The van der Waals surface area contributed by atoms with E-state index in [4.69, 9.17) is 27.7 Å². The quantitative estimate of drug-likeness (QED) is 0.116. The average Bonchev–Trinajstić information content (AvgIpc) is 2.64. The maximum Gasteiger partial charge on any atom is 0.394 e. The van der Waals surface area contributed by atoms with Crippen LogP contribution in [0.1, 0.15) is 117 Å². The van der Waals surface area contributed by atoms with Crippen LogP contribution in [0.15, 0.2) is 12.2 Å². The molecule has 0 spiro atoms. The monoisotopic (exact) mass is 454 g/mol. The van der Waals surface area contributed by atoms with Crippen molar-refractivity contribution in [3.63, 3.8) is 0 Å². The summed E-state index contributed by atoms with van der Waals surface area (Å²) in [5.74, 6) is -0.664. The van der Waals surface area contributed by atoms with Crippen molar-refractivity contribution in [2.75, 3.05) is 6.61 Å². The summed E-state index contributed by atoms with van der Waals surface area (Å²) in [4.78, 5) is 10.3. The van der Waals surface area contributed by atoms with Crippen LogP contribution in [0.3, 0.4) is 0 Å². The molecular formula is C22H46O7S. The Labute approximate surface area is 184 Å². The van der Waals surface area contributed by atoms with Crippen molar-refractivity contribution in [1.82, 2.24) is 0 Å². The van der Waals surface area contributed by atoms with Crippen LogP contribution in [0.25, 0.3) is 0 Å². The zero-order valence-corrected chi connectivity index (χ0v) is 19.9. The Hall–Kier alpha value is -0.960. The van der Waals surface area contributed by atoms with E-state index in [1.54, 1.807) is 0 Å². The van der Waals surface area contributed by atoms with Gasteiger partial charge in [-0.05, 0) is 38.5 Å². The summed E-state index contributed by atoms with van der Waals surface area (Å²) in [6.07, 6.45) is 23.3.